The van der Waals surface area contributed by atoms with Crippen LogP contribution in [0.25, 0.3) is 22.3 Å². The Morgan fingerprint density at radius 1 is 0.432 bits per heavy atom. The van der Waals surface area contributed by atoms with Crippen molar-refractivity contribution in [2.75, 3.05) is 21.3 Å². The topological polar surface area (TPSA) is 127 Å². The average Bonchev–Trinajstić information content (AvgIpc) is 3.41. The van der Waals surface area contributed by atoms with Crippen molar-refractivity contribution < 1.29 is 19.2 Å². The van der Waals surface area contributed by atoms with Gasteiger partial charge in [-0.15, -0.1) is 0 Å². The summed E-state index contributed by atoms with van der Waals surface area (Å²) in [7, 11) is 0. The van der Waals surface area contributed by atoms with Crippen LogP contribution in [0.3, 0.4) is 0 Å². The van der Waals surface area contributed by atoms with Crippen molar-refractivity contribution in [2.24, 2.45) is 0 Å². The highest BCUT2D eigenvalue weighted by molar-refractivity contribution is 6.36. The summed E-state index contributed by atoms with van der Waals surface area (Å²) < 4.78 is 0. The molecule has 0 atom stereocenters. The number of amides is 4. The Bertz CT molecular complexity index is 2060. The average molecular weight is 579 g/mol. The number of hydrogen-bond donors (Lipinski definition) is 2. The molecule has 7 rings (SSSR count). The second kappa shape index (κ2) is 9.78. The van der Waals surface area contributed by atoms with Crippen LogP contribution in [0.5, 0.6) is 0 Å². The van der Waals surface area contributed by atoms with E-state index in [1.54, 1.807) is 80.6 Å². The Balaban J connectivity index is 1.21. The first-order valence-corrected chi connectivity index (χ1v) is 14.0. The van der Waals surface area contributed by atoms with Gasteiger partial charge in [-0.05, 0) is 108 Å². The van der Waals surface area contributed by atoms with Crippen LogP contribution >= 0.6 is 0 Å². The molecule has 2 heterocycles. The van der Waals surface area contributed by atoms with E-state index >= 15 is 0 Å². The second-order valence-electron chi connectivity index (χ2n) is 11.1. The van der Waals surface area contributed by atoms with Crippen molar-refractivity contribution in [3.63, 3.8) is 0 Å². The molecule has 0 saturated heterocycles. The van der Waals surface area contributed by atoms with Gasteiger partial charge in [0.15, 0.2) is 0 Å². The van der Waals surface area contributed by atoms with Crippen LogP contribution < -0.4 is 21.3 Å². The first kappa shape index (κ1) is 26.9. The Hall–Kier alpha value is -6.02. The zero-order chi connectivity index (χ0) is 30.9. The first-order valence-electron chi connectivity index (χ1n) is 14.0. The standard InChI is InChI=1S/C36H26N4O4/c1-19-15-27(39-33(41)28-13-7-23(17-30(28)35(39)43)21-3-9-25(37)10-4-21)16-20(2)32(19)40-34(42)29-14-8-24(18-31(29)36(40)44)22-5-11-26(38)12-6-22/h3-18H,37-38H2,1-2H3. The van der Waals surface area contributed by atoms with Gasteiger partial charge < -0.3 is 11.5 Å². The summed E-state index contributed by atoms with van der Waals surface area (Å²) in [6.07, 6.45) is 0. The molecule has 0 radical (unpaired) electrons. The number of nitrogens with two attached hydrogens (primary N) is 2. The maximum atomic E-state index is 13.7. The number of fused-ring (bicyclic) bond motifs is 2. The fourth-order valence-electron chi connectivity index (χ4n) is 6.04. The molecule has 0 spiro atoms. The molecule has 4 amide bonds. The van der Waals surface area contributed by atoms with Crippen LogP contribution in [0.15, 0.2) is 97.1 Å². The molecule has 2 aliphatic rings. The molecule has 44 heavy (non-hydrogen) atoms. The summed E-state index contributed by atoms with van der Waals surface area (Å²) >= 11 is 0. The molecule has 5 aromatic carbocycles. The monoisotopic (exact) mass is 578 g/mol. The molecule has 2 aliphatic heterocycles. The Labute approximate surface area is 253 Å². The SMILES string of the molecule is Cc1cc(N2C(=O)c3ccc(-c4ccc(N)cc4)cc3C2=O)cc(C)c1N1C(=O)c2ccc(-c3ccc(N)cc3)cc2C1=O. The first-order chi connectivity index (χ1) is 21.1. The summed E-state index contributed by atoms with van der Waals surface area (Å²) in [5.74, 6) is -1.73. The molecule has 8 nitrogen and oxygen atoms in total. The van der Waals surface area contributed by atoms with Gasteiger partial charge in [-0.1, -0.05) is 36.4 Å². The van der Waals surface area contributed by atoms with E-state index in [1.165, 1.54) is 4.90 Å². The zero-order valence-corrected chi connectivity index (χ0v) is 23.9. The predicted octanol–water partition coefficient (Wildman–Crippen LogP) is 6.40. The number of imide groups is 2. The molecule has 0 aliphatic carbocycles. The second-order valence-corrected chi connectivity index (χ2v) is 11.1. The number of carbonyl (C=O) groups excluding carboxylic acids is 4. The summed E-state index contributed by atoms with van der Waals surface area (Å²) in [5, 5.41) is 0. The van der Waals surface area contributed by atoms with Gasteiger partial charge in [0.25, 0.3) is 23.6 Å². The fraction of sp³-hybridized carbons (Fsp3) is 0.0556. The van der Waals surface area contributed by atoms with E-state index in [1.807, 2.05) is 30.3 Å². The summed E-state index contributed by atoms with van der Waals surface area (Å²) in [5.41, 5.74) is 19.4. The third-order valence-corrected chi connectivity index (χ3v) is 8.22. The maximum Gasteiger partial charge on any atom is 0.266 e. The summed E-state index contributed by atoms with van der Waals surface area (Å²) in [6.45, 7) is 3.51. The van der Waals surface area contributed by atoms with Gasteiger partial charge in [0, 0.05) is 11.4 Å². The van der Waals surface area contributed by atoms with Crippen LogP contribution in [0.4, 0.5) is 22.7 Å². The molecule has 214 valence electrons. The van der Waals surface area contributed by atoms with Gasteiger partial charge in [0.1, 0.15) is 0 Å². The van der Waals surface area contributed by atoms with E-state index < -0.39 is 23.6 Å². The smallest absolute Gasteiger partial charge is 0.266 e. The number of anilines is 4. The molecule has 4 N–H and O–H groups in total. The number of nitrogens with zero attached hydrogens (tertiary/aromatic N) is 2. The van der Waals surface area contributed by atoms with Crippen molar-refractivity contribution in [3.8, 4) is 22.3 Å². The molecular weight excluding hydrogens is 552 g/mol. The van der Waals surface area contributed by atoms with Crippen LogP contribution in [0.1, 0.15) is 52.6 Å². The molecule has 0 fully saturated rings. The molecular formula is C36H26N4O4. The molecule has 0 unspecified atom stereocenters. The summed E-state index contributed by atoms with van der Waals surface area (Å²) in [6, 6.07) is 28.3. The lowest BCUT2D eigenvalue weighted by molar-refractivity contribution is 0.0909. The van der Waals surface area contributed by atoms with Crippen molar-refractivity contribution >= 4 is 46.4 Å². The van der Waals surface area contributed by atoms with Gasteiger partial charge in [0.05, 0.1) is 33.6 Å². The van der Waals surface area contributed by atoms with E-state index in [4.69, 9.17) is 11.5 Å². The lowest BCUT2D eigenvalue weighted by Crippen LogP contribution is -2.32. The normalized spacial score (nSPS) is 14.0. The van der Waals surface area contributed by atoms with E-state index in [0.717, 1.165) is 27.2 Å². The fourth-order valence-corrected chi connectivity index (χ4v) is 6.04. The summed E-state index contributed by atoms with van der Waals surface area (Å²) in [4.78, 5) is 56.6. The quantitative estimate of drug-likeness (QED) is 0.188. The zero-order valence-electron chi connectivity index (χ0n) is 23.9. The number of hydrogen-bond acceptors (Lipinski definition) is 6. The van der Waals surface area contributed by atoms with Crippen molar-refractivity contribution in [3.05, 3.63) is 130 Å². The van der Waals surface area contributed by atoms with Crippen LogP contribution in [-0.2, 0) is 0 Å². The largest absolute Gasteiger partial charge is 0.399 e. The molecule has 0 aromatic heterocycles. The molecule has 0 saturated carbocycles. The number of benzene rings is 5. The number of aryl methyl sites for hydroxylation is 2. The van der Waals surface area contributed by atoms with Crippen molar-refractivity contribution in [2.45, 2.75) is 13.8 Å². The number of nitrogen functional groups attached to an aromatic ring is 2. The van der Waals surface area contributed by atoms with Crippen molar-refractivity contribution in [1.82, 2.24) is 0 Å². The minimum atomic E-state index is -0.440. The third-order valence-electron chi connectivity index (χ3n) is 8.22. The van der Waals surface area contributed by atoms with Crippen LogP contribution in [0, 0.1) is 13.8 Å². The van der Waals surface area contributed by atoms with Gasteiger partial charge >= 0.3 is 0 Å². The van der Waals surface area contributed by atoms with Crippen LogP contribution in [0.2, 0.25) is 0 Å². The van der Waals surface area contributed by atoms with Gasteiger partial charge in [-0.3, -0.25) is 19.2 Å². The van der Waals surface area contributed by atoms with Crippen molar-refractivity contribution in [1.29, 1.82) is 0 Å². The predicted molar refractivity (Wildman–Crippen MR) is 171 cm³/mol. The van der Waals surface area contributed by atoms with Gasteiger partial charge in [0.2, 0.25) is 0 Å². The van der Waals surface area contributed by atoms with Gasteiger partial charge in [-0.25, -0.2) is 9.80 Å². The van der Waals surface area contributed by atoms with E-state index in [9.17, 15) is 19.2 Å². The Morgan fingerprint density at radius 2 is 0.795 bits per heavy atom. The molecule has 0 bridgehead atoms. The lowest BCUT2D eigenvalue weighted by atomic mass is 10.00. The maximum absolute atomic E-state index is 13.7. The highest BCUT2D eigenvalue weighted by Gasteiger charge is 2.40. The Kier molecular flexibility index (Phi) is 5.97. The van der Waals surface area contributed by atoms with E-state index in [-0.39, 0.29) is 0 Å². The highest BCUT2D eigenvalue weighted by Crippen LogP contribution is 2.39. The molecule has 5 aromatic rings. The van der Waals surface area contributed by atoms with E-state index in [0.29, 0.717) is 56.1 Å². The van der Waals surface area contributed by atoms with E-state index in [2.05, 4.69) is 0 Å². The number of rotatable bonds is 4. The lowest BCUT2D eigenvalue weighted by Gasteiger charge is -2.22. The number of carbonyl (C=O) groups is 4. The third kappa shape index (κ3) is 4.07. The molecule has 8 heteroatoms. The minimum absolute atomic E-state index is 0.306. The highest BCUT2D eigenvalue weighted by atomic mass is 16.2. The Morgan fingerprint density at radius 3 is 1.25 bits per heavy atom. The van der Waals surface area contributed by atoms with Crippen LogP contribution in [-0.4, -0.2) is 23.6 Å². The van der Waals surface area contributed by atoms with Gasteiger partial charge in [-0.2, -0.15) is 0 Å². The minimum Gasteiger partial charge on any atom is -0.399 e.